The van der Waals surface area contributed by atoms with Crippen LogP contribution in [0.4, 0.5) is 32.3 Å². The van der Waals surface area contributed by atoms with Gasteiger partial charge in [-0.25, -0.2) is 4.98 Å². The summed E-state index contributed by atoms with van der Waals surface area (Å²) in [7, 11) is -1.38. The monoisotopic (exact) mass is 570 g/mol. The molecule has 3 aromatic rings. The minimum atomic E-state index is -4.50. The Bertz CT molecular complexity index is 1240. The number of piperazine rings is 1. The number of nitrogens with one attached hydrogen (secondary N) is 1. The highest BCUT2D eigenvalue weighted by Gasteiger charge is 2.32. The molecule has 0 saturated carbocycles. The Morgan fingerprint density at radius 3 is 1.82 bits per heavy atom. The number of nitrogens with zero attached hydrogens (tertiary/aromatic N) is 3. The lowest BCUT2D eigenvalue weighted by atomic mass is 10.0. The van der Waals surface area contributed by atoms with Crippen molar-refractivity contribution in [1.29, 1.82) is 0 Å². The molecule has 0 radical (unpaired) electrons. The van der Waals surface area contributed by atoms with Gasteiger partial charge in [0.05, 0.1) is 22.5 Å². The Balaban J connectivity index is 1.84. The maximum atomic E-state index is 13.3. The third-order valence-electron chi connectivity index (χ3n) is 6.54. The van der Waals surface area contributed by atoms with Crippen LogP contribution in [0.3, 0.4) is 0 Å². The average molecular weight is 571 g/mol. The number of hydrogen-bond acceptors (Lipinski definition) is 4. The van der Waals surface area contributed by atoms with Crippen molar-refractivity contribution in [3.63, 3.8) is 0 Å². The van der Waals surface area contributed by atoms with Crippen LogP contribution in [0.1, 0.15) is 11.1 Å². The molecule has 0 aliphatic carbocycles. The minimum Gasteiger partial charge on any atom is -0.361 e. The van der Waals surface area contributed by atoms with Gasteiger partial charge in [0.15, 0.2) is 0 Å². The number of alkyl halides is 6. The molecule has 1 saturated heterocycles. The normalized spacial score (nSPS) is 15.2. The Morgan fingerprint density at radius 2 is 1.33 bits per heavy atom. The van der Waals surface area contributed by atoms with Crippen molar-refractivity contribution in [1.82, 2.24) is 14.9 Å². The summed E-state index contributed by atoms with van der Waals surface area (Å²) in [6.07, 6.45) is -8.99. The summed E-state index contributed by atoms with van der Waals surface area (Å²) in [4.78, 5) is 6.91. The first-order valence-corrected chi connectivity index (χ1v) is 16.4. The lowest BCUT2D eigenvalue weighted by molar-refractivity contribution is -0.138. The standard InChI is InChI=1S/C27H32F6N4OSi/c1-39(2,3)17-16-38-18-37-24(20-6-10-22(11-7-20)27(31,32)33)23(35-25(37)36-14-12-34-13-15-36)19-4-8-21(9-5-19)26(28,29)30/h4-11,34H,12-18H2,1-3H3. The number of imidazole rings is 1. The fourth-order valence-electron chi connectivity index (χ4n) is 4.33. The molecular formula is C27H32F6N4OSi. The minimum absolute atomic E-state index is 0.105. The molecule has 0 spiro atoms. The highest BCUT2D eigenvalue weighted by atomic mass is 28.3. The summed E-state index contributed by atoms with van der Waals surface area (Å²) >= 11 is 0. The molecule has 39 heavy (non-hydrogen) atoms. The molecule has 2 aromatic carbocycles. The van der Waals surface area contributed by atoms with E-state index in [9.17, 15) is 26.3 Å². The van der Waals surface area contributed by atoms with Crippen molar-refractivity contribution in [2.45, 2.75) is 44.8 Å². The molecule has 212 valence electrons. The predicted molar refractivity (Wildman–Crippen MR) is 142 cm³/mol. The van der Waals surface area contributed by atoms with Crippen molar-refractivity contribution in [2.75, 3.05) is 37.7 Å². The molecule has 1 aliphatic rings. The largest absolute Gasteiger partial charge is 0.416 e. The van der Waals surface area contributed by atoms with Crippen molar-refractivity contribution >= 4 is 14.0 Å². The molecule has 0 unspecified atom stereocenters. The van der Waals surface area contributed by atoms with Crippen molar-refractivity contribution in [3.8, 4) is 22.5 Å². The maximum Gasteiger partial charge on any atom is 0.416 e. The summed E-state index contributed by atoms with van der Waals surface area (Å²) in [6, 6.07) is 10.3. The van der Waals surface area contributed by atoms with Gasteiger partial charge in [0.1, 0.15) is 6.73 Å². The van der Waals surface area contributed by atoms with Crippen LogP contribution in [0.15, 0.2) is 48.5 Å². The quantitative estimate of drug-likeness (QED) is 0.180. The van der Waals surface area contributed by atoms with Gasteiger partial charge in [0, 0.05) is 52.0 Å². The molecule has 5 nitrogen and oxygen atoms in total. The summed E-state index contributed by atoms with van der Waals surface area (Å²) < 4.78 is 87.5. The van der Waals surface area contributed by atoms with Gasteiger partial charge in [0.2, 0.25) is 5.95 Å². The van der Waals surface area contributed by atoms with Crippen LogP contribution < -0.4 is 10.2 Å². The topological polar surface area (TPSA) is 42.3 Å². The van der Waals surface area contributed by atoms with E-state index in [-0.39, 0.29) is 6.73 Å². The molecule has 1 N–H and O–H groups in total. The van der Waals surface area contributed by atoms with Crippen LogP contribution in [-0.2, 0) is 23.8 Å². The molecule has 1 aliphatic heterocycles. The zero-order valence-electron chi connectivity index (χ0n) is 22.1. The van der Waals surface area contributed by atoms with Gasteiger partial charge in [-0.3, -0.25) is 4.57 Å². The average Bonchev–Trinajstić information content (AvgIpc) is 3.25. The SMILES string of the molecule is C[Si](C)(C)CCOCn1c(N2CCNCC2)nc(-c2ccc(C(F)(F)F)cc2)c1-c1ccc(C(F)(F)F)cc1. The number of hydrogen-bond donors (Lipinski definition) is 1. The lowest BCUT2D eigenvalue weighted by Crippen LogP contribution is -2.44. The van der Waals surface area contributed by atoms with E-state index in [2.05, 4.69) is 29.9 Å². The van der Waals surface area contributed by atoms with E-state index in [1.165, 1.54) is 24.3 Å². The number of rotatable bonds is 8. The molecule has 2 heterocycles. The first-order chi connectivity index (χ1) is 18.2. The molecule has 12 heteroatoms. The van der Waals surface area contributed by atoms with Gasteiger partial charge in [-0.05, 0) is 30.3 Å². The molecule has 4 rings (SSSR count). The highest BCUT2D eigenvalue weighted by molar-refractivity contribution is 6.76. The predicted octanol–water partition coefficient (Wildman–Crippen LogP) is 6.98. The number of anilines is 1. The van der Waals surface area contributed by atoms with Gasteiger partial charge < -0.3 is 15.0 Å². The van der Waals surface area contributed by atoms with Gasteiger partial charge in [-0.15, -0.1) is 0 Å². The Morgan fingerprint density at radius 1 is 0.821 bits per heavy atom. The van der Waals surface area contributed by atoms with Crippen LogP contribution >= 0.6 is 0 Å². The van der Waals surface area contributed by atoms with Crippen molar-refractivity contribution in [2.24, 2.45) is 0 Å². The molecule has 0 atom stereocenters. The van der Waals surface area contributed by atoms with E-state index in [1.807, 2.05) is 4.57 Å². The Kier molecular flexibility index (Phi) is 8.48. The summed E-state index contributed by atoms with van der Waals surface area (Å²) in [6.45, 7) is 10.0. The second kappa shape index (κ2) is 11.3. The van der Waals surface area contributed by atoms with Crippen LogP contribution in [0.25, 0.3) is 22.5 Å². The molecular weight excluding hydrogens is 538 g/mol. The Hall–Kier alpha value is -2.83. The fourth-order valence-corrected chi connectivity index (χ4v) is 5.09. The van der Waals surface area contributed by atoms with E-state index in [4.69, 9.17) is 9.72 Å². The zero-order valence-corrected chi connectivity index (χ0v) is 23.1. The van der Waals surface area contributed by atoms with E-state index in [0.717, 1.165) is 30.3 Å². The van der Waals surface area contributed by atoms with Crippen LogP contribution in [-0.4, -0.2) is 50.4 Å². The van der Waals surface area contributed by atoms with Crippen LogP contribution in [0, 0.1) is 0 Å². The van der Waals surface area contributed by atoms with Crippen molar-refractivity contribution < 1.29 is 31.1 Å². The first kappa shape index (κ1) is 29.2. The van der Waals surface area contributed by atoms with E-state index in [0.29, 0.717) is 61.2 Å². The number of halogens is 6. The third kappa shape index (κ3) is 7.23. The summed E-state index contributed by atoms with van der Waals surface area (Å²) in [5.74, 6) is 0.564. The van der Waals surface area contributed by atoms with Crippen molar-refractivity contribution in [3.05, 3.63) is 59.7 Å². The molecule has 0 amide bonds. The molecule has 1 aromatic heterocycles. The van der Waals surface area contributed by atoms with E-state index in [1.54, 1.807) is 0 Å². The van der Waals surface area contributed by atoms with Crippen LogP contribution in [0.5, 0.6) is 0 Å². The van der Waals surface area contributed by atoms with E-state index >= 15 is 0 Å². The summed E-state index contributed by atoms with van der Waals surface area (Å²) in [5.41, 5.74) is 0.174. The Labute approximate surface area is 224 Å². The first-order valence-electron chi connectivity index (χ1n) is 12.7. The third-order valence-corrected chi connectivity index (χ3v) is 8.24. The molecule has 0 bridgehead atoms. The van der Waals surface area contributed by atoms with Gasteiger partial charge in [0.25, 0.3) is 0 Å². The number of aromatic nitrogens is 2. The lowest BCUT2D eigenvalue weighted by Gasteiger charge is -2.29. The smallest absolute Gasteiger partial charge is 0.361 e. The van der Waals surface area contributed by atoms with E-state index < -0.39 is 31.6 Å². The number of benzene rings is 2. The second-order valence-corrected chi connectivity index (χ2v) is 16.4. The maximum absolute atomic E-state index is 13.3. The summed E-state index contributed by atoms with van der Waals surface area (Å²) in [5, 5.41) is 3.28. The molecule has 1 fully saturated rings. The zero-order chi connectivity index (χ0) is 28.4. The van der Waals surface area contributed by atoms with Gasteiger partial charge >= 0.3 is 12.4 Å². The fraction of sp³-hybridized carbons (Fsp3) is 0.444. The van der Waals surface area contributed by atoms with Gasteiger partial charge in [-0.1, -0.05) is 43.9 Å². The highest BCUT2D eigenvalue weighted by Crippen LogP contribution is 2.39. The number of ether oxygens (including phenoxy) is 1. The second-order valence-electron chi connectivity index (χ2n) is 10.8. The van der Waals surface area contributed by atoms with Gasteiger partial charge in [-0.2, -0.15) is 26.3 Å². The van der Waals surface area contributed by atoms with Crippen LogP contribution in [0.2, 0.25) is 25.7 Å².